The number of thiazole rings is 1. The summed E-state index contributed by atoms with van der Waals surface area (Å²) in [5.41, 5.74) is 7.87. The first-order valence-corrected chi connectivity index (χ1v) is 7.66. The fourth-order valence-electron chi connectivity index (χ4n) is 1.96. The van der Waals surface area contributed by atoms with E-state index in [4.69, 9.17) is 5.73 Å². The number of nitrogens with two attached hydrogens (primary N) is 1. The molecule has 0 saturated heterocycles. The van der Waals surface area contributed by atoms with Crippen molar-refractivity contribution < 1.29 is 4.79 Å². The van der Waals surface area contributed by atoms with Gasteiger partial charge in [0.05, 0.1) is 5.01 Å². The van der Waals surface area contributed by atoms with E-state index >= 15 is 0 Å². The summed E-state index contributed by atoms with van der Waals surface area (Å²) in [7, 11) is 4.03. The minimum absolute atomic E-state index is 0.184. The van der Waals surface area contributed by atoms with E-state index in [-0.39, 0.29) is 5.91 Å². The van der Waals surface area contributed by atoms with Crippen LogP contribution in [0.25, 0.3) is 0 Å². The summed E-state index contributed by atoms with van der Waals surface area (Å²) in [6, 6.07) is 7.84. The highest BCUT2D eigenvalue weighted by molar-refractivity contribution is 7.09. The molecule has 1 heterocycles. The third-order valence-corrected chi connectivity index (χ3v) is 3.73. The molecule has 0 saturated carbocycles. The van der Waals surface area contributed by atoms with E-state index in [1.54, 1.807) is 5.38 Å². The average molecular weight is 304 g/mol. The first-order chi connectivity index (χ1) is 10.1. The van der Waals surface area contributed by atoms with Crippen LogP contribution >= 0.6 is 11.3 Å². The fraction of sp³-hybridized carbons (Fsp3) is 0.333. The van der Waals surface area contributed by atoms with E-state index in [2.05, 4.69) is 15.2 Å². The minimum atomic E-state index is -0.184. The summed E-state index contributed by atoms with van der Waals surface area (Å²) in [6.07, 6.45) is 0.705. The van der Waals surface area contributed by atoms with E-state index < -0.39 is 0 Å². The molecule has 0 bridgehead atoms. The van der Waals surface area contributed by atoms with Gasteiger partial charge in [-0.15, -0.1) is 11.3 Å². The van der Waals surface area contributed by atoms with Crippen molar-refractivity contribution >= 4 is 22.9 Å². The number of anilines is 1. The number of carbonyl (C=O) groups is 1. The van der Waals surface area contributed by atoms with E-state index in [0.717, 1.165) is 22.8 Å². The maximum absolute atomic E-state index is 12.2. The number of amides is 1. The van der Waals surface area contributed by atoms with Crippen molar-refractivity contribution in [3.05, 3.63) is 45.9 Å². The van der Waals surface area contributed by atoms with Crippen molar-refractivity contribution in [2.45, 2.75) is 13.0 Å². The number of carbonyl (C=O) groups excluding carboxylic acids is 1. The van der Waals surface area contributed by atoms with Crippen LogP contribution in [-0.4, -0.2) is 36.4 Å². The van der Waals surface area contributed by atoms with Gasteiger partial charge in [0.1, 0.15) is 5.69 Å². The van der Waals surface area contributed by atoms with Crippen LogP contribution in [0.1, 0.15) is 21.1 Å². The predicted octanol–water partition coefficient (Wildman–Crippen LogP) is 1.96. The van der Waals surface area contributed by atoms with Crippen molar-refractivity contribution in [1.82, 2.24) is 9.88 Å². The van der Waals surface area contributed by atoms with Crippen molar-refractivity contribution in [3.8, 4) is 0 Å². The standard InChI is InChI=1S/C15H20N4OS/c1-19(2)9-11-4-3-5-12(8-11)17-15(20)13-10-21-14(18-13)6-7-16/h3-5,8,10H,6-7,9,16H2,1-2H3,(H,17,20). The van der Waals surface area contributed by atoms with Gasteiger partial charge >= 0.3 is 0 Å². The predicted molar refractivity (Wildman–Crippen MR) is 86.7 cm³/mol. The molecular weight excluding hydrogens is 284 g/mol. The Balaban J connectivity index is 2.04. The maximum Gasteiger partial charge on any atom is 0.275 e. The monoisotopic (exact) mass is 304 g/mol. The number of nitrogens with zero attached hydrogens (tertiary/aromatic N) is 2. The highest BCUT2D eigenvalue weighted by Gasteiger charge is 2.11. The zero-order valence-electron chi connectivity index (χ0n) is 12.3. The second-order valence-corrected chi connectivity index (χ2v) is 6.00. The molecule has 0 spiro atoms. The highest BCUT2D eigenvalue weighted by atomic mass is 32.1. The quantitative estimate of drug-likeness (QED) is 0.856. The summed E-state index contributed by atoms with van der Waals surface area (Å²) in [5.74, 6) is -0.184. The Morgan fingerprint density at radius 2 is 2.24 bits per heavy atom. The van der Waals surface area contributed by atoms with Gasteiger partial charge in [-0.3, -0.25) is 4.79 Å². The van der Waals surface area contributed by atoms with Crippen LogP contribution in [0.15, 0.2) is 29.6 Å². The van der Waals surface area contributed by atoms with Gasteiger partial charge in [-0.25, -0.2) is 4.98 Å². The van der Waals surface area contributed by atoms with Crippen molar-refractivity contribution in [3.63, 3.8) is 0 Å². The lowest BCUT2D eigenvalue weighted by Gasteiger charge is -2.11. The first-order valence-electron chi connectivity index (χ1n) is 6.78. The Morgan fingerprint density at radius 3 is 2.95 bits per heavy atom. The van der Waals surface area contributed by atoms with Gasteiger partial charge in [-0.1, -0.05) is 12.1 Å². The zero-order valence-corrected chi connectivity index (χ0v) is 13.1. The number of hydrogen-bond acceptors (Lipinski definition) is 5. The normalized spacial score (nSPS) is 10.9. The van der Waals surface area contributed by atoms with Crippen molar-refractivity contribution in [1.29, 1.82) is 0 Å². The molecule has 2 aromatic rings. The van der Waals surface area contributed by atoms with Gasteiger partial charge in [0.2, 0.25) is 0 Å². The maximum atomic E-state index is 12.2. The molecule has 1 aromatic carbocycles. The lowest BCUT2D eigenvalue weighted by molar-refractivity contribution is 0.102. The van der Waals surface area contributed by atoms with E-state index in [0.29, 0.717) is 18.7 Å². The van der Waals surface area contributed by atoms with Gasteiger partial charge in [-0.05, 0) is 38.3 Å². The Hall–Kier alpha value is -1.76. The molecule has 1 amide bonds. The third-order valence-electron chi connectivity index (χ3n) is 2.83. The molecule has 5 nitrogen and oxygen atoms in total. The van der Waals surface area contributed by atoms with Gasteiger partial charge in [0, 0.05) is 24.0 Å². The lowest BCUT2D eigenvalue weighted by atomic mass is 10.2. The SMILES string of the molecule is CN(C)Cc1cccc(NC(=O)c2csc(CCN)n2)c1. The van der Waals surface area contributed by atoms with E-state index in [9.17, 15) is 4.79 Å². The smallest absolute Gasteiger partial charge is 0.275 e. The molecule has 0 aliphatic heterocycles. The molecule has 0 aliphatic carbocycles. The Bertz CT molecular complexity index is 609. The summed E-state index contributed by atoms with van der Waals surface area (Å²) in [6.45, 7) is 1.38. The second kappa shape index (κ2) is 7.31. The lowest BCUT2D eigenvalue weighted by Crippen LogP contribution is -2.14. The Kier molecular flexibility index (Phi) is 5.44. The molecule has 1 aromatic heterocycles. The molecule has 0 aliphatic rings. The number of hydrogen-bond donors (Lipinski definition) is 2. The second-order valence-electron chi connectivity index (χ2n) is 5.06. The molecule has 0 radical (unpaired) electrons. The molecule has 3 N–H and O–H groups in total. The molecule has 21 heavy (non-hydrogen) atoms. The summed E-state index contributed by atoms with van der Waals surface area (Å²) < 4.78 is 0. The van der Waals surface area contributed by atoms with Crippen molar-refractivity contribution in [2.24, 2.45) is 5.73 Å². The molecule has 112 valence electrons. The summed E-state index contributed by atoms with van der Waals surface area (Å²) in [5, 5.41) is 5.54. The third kappa shape index (κ3) is 4.63. The van der Waals surface area contributed by atoms with E-state index in [1.165, 1.54) is 11.3 Å². The van der Waals surface area contributed by atoms with Crippen LogP contribution in [0.3, 0.4) is 0 Å². The van der Waals surface area contributed by atoms with Crippen molar-refractivity contribution in [2.75, 3.05) is 26.0 Å². The van der Waals surface area contributed by atoms with Gasteiger partial charge in [0.25, 0.3) is 5.91 Å². The van der Waals surface area contributed by atoms with Gasteiger partial charge < -0.3 is 16.0 Å². The fourth-order valence-corrected chi connectivity index (χ4v) is 2.76. The van der Waals surface area contributed by atoms with E-state index in [1.807, 2.05) is 38.4 Å². The number of nitrogens with one attached hydrogen (secondary N) is 1. The molecule has 0 unspecified atom stereocenters. The van der Waals surface area contributed by atoms with Crippen LogP contribution in [0.2, 0.25) is 0 Å². The number of aromatic nitrogens is 1. The largest absolute Gasteiger partial charge is 0.330 e. The molecule has 0 fully saturated rings. The topological polar surface area (TPSA) is 71.2 Å². The number of rotatable bonds is 6. The summed E-state index contributed by atoms with van der Waals surface area (Å²) >= 11 is 1.47. The van der Waals surface area contributed by atoms with Gasteiger partial charge in [0.15, 0.2) is 0 Å². The Labute approximate surface area is 128 Å². The minimum Gasteiger partial charge on any atom is -0.330 e. The van der Waals surface area contributed by atoms with Crippen LogP contribution < -0.4 is 11.1 Å². The zero-order chi connectivity index (χ0) is 15.2. The molecule has 6 heteroatoms. The average Bonchev–Trinajstić information content (AvgIpc) is 2.87. The first kappa shape index (κ1) is 15.6. The van der Waals surface area contributed by atoms with Crippen LogP contribution in [0.4, 0.5) is 5.69 Å². The van der Waals surface area contributed by atoms with Crippen LogP contribution in [-0.2, 0) is 13.0 Å². The Morgan fingerprint density at radius 1 is 1.43 bits per heavy atom. The van der Waals surface area contributed by atoms with Gasteiger partial charge in [-0.2, -0.15) is 0 Å². The number of benzene rings is 1. The van der Waals surface area contributed by atoms with Crippen LogP contribution in [0, 0.1) is 0 Å². The molecular formula is C15H20N4OS. The molecule has 2 rings (SSSR count). The molecule has 0 atom stereocenters. The summed E-state index contributed by atoms with van der Waals surface area (Å²) in [4.78, 5) is 18.5. The highest BCUT2D eigenvalue weighted by Crippen LogP contribution is 2.15. The van der Waals surface area contributed by atoms with Crippen LogP contribution in [0.5, 0.6) is 0 Å².